The van der Waals surface area contributed by atoms with Gasteiger partial charge in [0.2, 0.25) is 0 Å². The molecule has 1 atom stereocenters. The summed E-state index contributed by atoms with van der Waals surface area (Å²) in [5.74, 6) is -0.766. The van der Waals surface area contributed by atoms with Gasteiger partial charge in [-0.05, 0) is 48.8 Å². The number of hydrogen-bond donors (Lipinski definition) is 3. The predicted octanol–water partition coefficient (Wildman–Crippen LogP) is 3.18. The zero-order chi connectivity index (χ0) is 19.8. The molecule has 0 saturated carbocycles. The summed E-state index contributed by atoms with van der Waals surface area (Å²) in [6, 6.07) is 5.77. The summed E-state index contributed by atoms with van der Waals surface area (Å²) in [6.07, 6.45) is 2.26. The Labute approximate surface area is 151 Å². The molecular formula is C18H31NO5S. The number of carbonyl (C=O) groups is 1. The standard InChI is InChI=1S/C17H27NO2.CH4O3S/c1-12-6-7-14(10-13(12)2)11-18-15(16(19)20)8-9-17(3,4)5;1-5(2,3)4/h6-7,10,15,18H,8-9,11H2,1-5H3,(H,19,20);1H3,(H,2,3,4). The third kappa shape index (κ3) is 13.5. The summed E-state index contributed by atoms with van der Waals surface area (Å²) in [6.45, 7) is 11.2. The van der Waals surface area contributed by atoms with E-state index in [4.69, 9.17) is 4.55 Å². The van der Waals surface area contributed by atoms with Crippen LogP contribution in [-0.4, -0.2) is 36.3 Å². The molecule has 0 radical (unpaired) electrons. The monoisotopic (exact) mass is 373 g/mol. The van der Waals surface area contributed by atoms with Crippen LogP contribution in [0.1, 0.15) is 50.3 Å². The summed E-state index contributed by atoms with van der Waals surface area (Å²) < 4.78 is 25.9. The Balaban J connectivity index is 0.00000101. The summed E-state index contributed by atoms with van der Waals surface area (Å²) in [5, 5.41) is 12.4. The third-order valence-electron chi connectivity index (χ3n) is 3.61. The number of hydrogen-bond acceptors (Lipinski definition) is 4. The highest BCUT2D eigenvalue weighted by molar-refractivity contribution is 7.85. The molecule has 1 rings (SSSR count). The fourth-order valence-electron chi connectivity index (χ4n) is 2.04. The molecule has 0 aliphatic carbocycles. The fraction of sp³-hybridized carbons (Fsp3) is 0.611. The lowest BCUT2D eigenvalue weighted by Gasteiger charge is -2.21. The molecule has 0 fully saturated rings. The average Bonchev–Trinajstić information content (AvgIpc) is 2.39. The summed E-state index contributed by atoms with van der Waals surface area (Å²) in [4.78, 5) is 11.3. The van der Waals surface area contributed by atoms with Gasteiger partial charge in [-0.1, -0.05) is 39.0 Å². The summed E-state index contributed by atoms with van der Waals surface area (Å²) in [7, 11) is -3.67. The van der Waals surface area contributed by atoms with Crippen molar-refractivity contribution in [2.24, 2.45) is 5.41 Å². The maximum atomic E-state index is 11.3. The van der Waals surface area contributed by atoms with Crippen LogP contribution in [-0.2, 0) is 21.5 Å². The fourth-order valence-corrected chi connectivity index (χ4v) is 2.04. The second kappa shape index (κ2) is 9.89. The van der Waals surface area contributed by atoms with E-state index in [1.807, 2.05) is 0 Å². The van der Waals surface area contributed by atoms with Crippen molar-refractivity contribution in [3.8, 4) is 0 Å². The van der Waals surface area contributed by atoms with E-state index in [2.05, 4.69) is 58.1 Å². The number of rotatable bonds is 6. The normalized spacial score (nSPS) is 12.9. The predicted molar refractivity (Wildman–Crippen MR) is 100 cm³/mol. The quantitative estimate of drug-likeness (QED) is 0.662. The highest BCUT2D eigenvalue weighted by Gasteiger charge is 2.20. The van der Waals surface area contributed by atoms with Gasteiger partial charge in [0.05, 0.1) is 6.26 Å². The van der Waals surface area contributed by atoms with Gasteiger partial charge in [-0.15, -0.1) is 0 Å². The van der Waals surface area contributed by atoms with E-state index in [0.29, 0.717) is 19.2 Å². The van der Waals surface area contributed by atoms with Gasteiger partial charge in [-0.3, -0.25) is 9.35 Å². The van der Waals surface area contributed by atoms with E-state index in [9.17, 15) is 18.3 Å². The Bertz CT molecular complexity index is 655. The van der Waals surface area contributed by atoms with Gasteiger partial charge in [-0.2, -0.15) is 8.42 Å². The minimum absolute atomic E-state index is 0.163. The van der Waals surface area contributed by atoms with Crippen LogP contribution in [0.25, 0.3) is 0 Å². The van der Waals surface area contributed by atoms with E-state index in [0.717, 1.165) is 12.0 Å². The topological polar surface area (TPSA) is 104 Å². The molecule has 0 bridgehead atoms. The Kier molecular flexibility index (Phi) is 9.32. The highest BCUT2D eigenvalue weighted by atomic mass is 32.2. The largest absolute Gasteiger partial charge is 0.480 e. The first kappa shape index (κ1) is 23.6. The van der Waals surface area contributed by atoms with Gasteiger partial charge in [0, 0.05) is 6.54 Å². The van der Waals surface area contributed by atoms with E-state index in [-0.39, 0.29) is 5.41 Å². The zero-order valence-electron chi connectivity index (χ0n) is 16.0. The summed E-state index contributed by atoms with van der Waals surface area (Å²) >= 11 is 0. The number of aliphatic carboxylic acids is 1. The van der Waals surface area contributed by atoms with E-state index in [1.54, 1.807) is 0 Å². The first-order chi connectivity index (χ1) is 11.2. The molecule has 144 valence electrons. The van der Waals surface area contributed by atoms with Gasteiger partial charge in [0.15, 0.2) is 0 Å². The van der Waals surface area contributed by atoms with Crippen LogP contribution in [0.5, 0.6) is 0 Å². The molecule has 7 heteroatoms. The van der Waals surface area contributed by atoms with Crippen LogP contribution in [0.4, 0.5) is 0 Å². The number of carboxylic acids is 1. The Morgan fingerprint density at radius 1 is 1.20 bits per heavy atom. The van der Waals surface area contributed by atoms with Crippen LogP contribution in [0, 0.1) is 19.3 Å². The lowest BCUT2D eigenvalue weighted by molar-refractivity contribution is -0.139. The van der Waals surface area contributed by atoms with Crippen LogP contribution < -0.4 is 5.32 Å². The zero-order valence-corrected chi connectivity index (χ0v) is 16.8. The van der Waals surface area contributed by atoms with Crippen molar-refractivity contribution in [1.82, 2.24) is 5.32 Å². The molecule has 0 aliphatic heterocycles. The molecule has 0 aromatic heterocycles. The number of aryl methyl sites for hydroxylation is 2. The lowest BCUT2D eigenvalue weighted by Crippen LogP contribution is -2.37. The number of nitrogens with one attached hydrogen (secondary N) is 1. The molecule has 25 heavy (non-hydrogen) atoms. The van der Waals surface area contributed by atoms with Crippen molar-refractivity contribution in [3.63, 3.8) is 0 Å². The molecule has 0 spiro atoms. The molecular weight excluding hydrogens is 342 g/mol. The van der Waals surface area contributed by atoms with Crippen LogP contribution >= 0.6 is 0 Å². The maximum absolute atomic E-state index is 11.3. The third-order valence-corrected chi connectivity index (χ3v) is 3.61. The Morgan fingerprint density at radius 3 is 2.12 bits per heavy atom. The maximum Gasteiger partial charge on any atom is 0.320 e. The van der Waals surface area contributed by atoms with E-state index < -0.39 is 22.1 Å². The molecule has 1 aromatic carbocycles. The lowest BCUT2D eigenvalue weighted by atomic mass is 9.88. The Hall–Kier alpha value is -1.44. The van der Waals surface area contributed by atoms with Crippen molar-refractivity contribution < 1.29 is 22.9 Å². The van der Waals surface area contributed by atoms with E-state index >= 15 is 0 Å². The highest BCUT2D eigenvalue weighted by Crippen LogP contribution is 2.21. The molecule has 0 amide bonds. The Morgan fingerprint density at radius 2 is 1.72 bits per heavy atom. The van der Waals surface area contributed by atoms with Crippen LogP contribution in [0.2, 0.25) is 0 Å². The minimum Gasteiger partial charge on any atom is -0.480 e. The minimum atomic E-state index is -3.67. The second-order valence-electron chi connectivity index (χ2n) is 7.52. The SMILES string of the molecule is CS(=O)(=O)O.Cc1ccc(CNC(CCC(C)(C)C)C(=O)O)cc1C. The molecule has 6 nitrogen and oxygen atoms in total. The van der Waals surface area contributed by atoms with Gasteiger partial charge >= 0.3 is 5.97 Å². The number of carboxylic acid groups (broad SMARTS) is 1. The van der Waals surface area contributed by atoms with Gasteiger partial charge in [0.1, 0.15) is 6.04 Å². The van der Waals surface area contributed by atoms with Crippen LogP contribution in [0.3, 0.4) is 0 Å². The van der Waals surface area contributed by atoms with Crippen molar-refractivity contribution in [2.45, 2.75) is 60.0 Å². The van der Waals surface area contributed by atoms with Gasteiger partial charge < -0.3 is 10.4 Å². The van der Waals surface area contributed by atoms with Gasteiger partial charge in [-0.25, -0.2) is 0 Å². The molecule has 0 heterocycles. The second-order valence-corrected chi connectivity index (χ2v) is 8.99. The molecule has 0 aliphatic rings. The molecule has 1 aromatic rings. The molecule has 0 saturated heterocycles. The summed E-state index contributed by atoms with van der Waals surface area (Å²) in [5.41, 5.74) is 3.80. The van der Waals surface area contributed by atoms with Crippen molar-refractivity contribution in [1.29, 1.82) is 0 Å². The first-order valence-electron chi connectivity index (χ1n) is 8.14. The van der Waals surface area contributed by atoms with Crippen molar-refractivity contribution in [2.75, 3.05) is 6.26 Å². The van der Waals surface area contributed by atoms with Crippen molar-refractivity contribution >= 4 is 16.1 Å². The van der Waals surface area contributed by atoms with Crippen molar-refractivity contribution in [3.05, 3.63) is 34.9 Å². The van der Waals surface area contributed by atoms with Gasteiger partial charge in [0.25, 0.3) is 10.1 Å². The van der Waals surface area contributed by atoms with E-state index in [1.165, 1.54) is 11.1 Å². The average molecular weight is 374 g/mol. The number of benzene rings is 1. The van der Waals surface area contributed by atoms with Crippen LogP contribution in [0.15, 0.2) is 18.2 Å². The smallest absolute Gasteiger partial charge is 0.320 e. The first-order valence-corrected chi connectivity index (χ1v) is 9.98. The molecule has 3 N–H and O–H groups in total. The molecule has 1 unspecified atom stereocenters.